The smallest absolute Gasteiger partial charge is 0.271 e. The van der Waals surface area contributed by atoms with E-state index in [9.17, 15) is 4.79 Å². The second-order valence-corrected chi connectivity index (χ2v) is 4.36. The largest absolute Gasteiger partial charge is 0.396 e. The van der Waals surface area contributed by atoms with Crippen LogP contribution in [-0.2, 0) is 0 Å². The van der Waals surface area contributed by atoms with Crippen LogP contribution in [0.15, 0.2) is 11.1 Å². The summed E-state index contributed by atoms with van der Waals surface area (Å²) in [5.41, 5.74) is -0.309. The van der Waals surface area contributed by atoms with E-state index in [1.165, 1.54) is 6.33 Å². The van der Waals surface area contributed by atoms with Crippen molar-refractivity contribution < 1.29 is 5.11 Å². The first-order valence-electron chi connectivity index (χ1n) is 5.31. The van der Waals surface area contributed by atoms with Crippen LogP contribution >= 0.6 is 11.6 Å². The van der Waals surface area contributed by atoms with Crippen LogP contribution in [0.1, 0.15) is 12.8 Å². The van der Waals surface area contributed by atoms with Gasteiger partial charge in [-0.05, 0) is 18.8 Å². The summed E-state index contributed by atoms with van der Waals surface area (Å²) in [6.45, 7) is 1.78. The number of H-pyrrole nitrogens is 1. The number of aliphatic hydroxyl groups is 1. The monoisotopic (exact) mass is 243 g/mol. The third kappa shape index (κ3) is 2.20. The van der Waals surface area contributed by atoms with Gasteiger partial charge in [0.15, 0.2) is 5.82 Å². The second kappa shape index (κ2) is 4.84. The number of hydrogen-bond donors (Lipinski definition) is 2. The van der Waals surface area contributed by atoms with Gasteiger partial charge >= 0.3 is 0 Å². The van der Waals surface area contributed by atoms with Crippen LogP contribution in [0.4, 0.5) is 5.82 Å². The predicted octanol–water partition coefficient (Wildman–Crippen LogP) is 0.632. The maximum absolute atomic E-state index is 11.3. The van der Waals surface area contributed by atoms with Crippen molar-refractivity contribution in [1.82, 2.24) is 9.97 Å². The Morgan fingerprint density at radius 2 is 2.25 bits per heavy atom. The molecule has 1 aromatic rings. The van der Waals surface area contributed by atoms with Gasteiger partial charge in [0.2, 0.25) is 0 Å². The first-order valence-corrected chi connectivity index (χ1v) is 5.69. The minimum atomic E-state index is -0.309. The van der Waals surface area contributed by atoms with Gasteiger partial charge < -0.3 is 15.0 Å². The highest BCUT2D eigenvalue weighted by Crippen LogP contribution is 2.24. The number of aliphatic hydroxyl groups excluding tert-OH is 1. The molecule has 0 amide bonds. The van der Waals surface area contributed by atoms with Crippen LogP contribution in [-0.4, -0.2) is 34.8 Å². The summed E-state index contributed by atoms with van der Waals surface area (Å²) in [5, 5.41) is 9.17. The lowest BCUT2D eigenvalue weighted by molar-refractivity contribution is 0.203. The molecule has 0 unspecified atom stereocenters. The molecule has 16 heavy (non-hydrogen) atoms. The predicted molar refractivity (Wildman–Crippen MR) is 61.9 cm³/mol. The van der Waals surface area contributed by atoms with Gasteiger partial charge in [-0.3, -0.25) is 4.79 Å². The number of nitrogens with one attached hydrogen (secondary N) is 1. The maximum Gasteiger partial charge on any atom is 0.271 e. The van der Waals surface area contributed by atoms with E-state index in [2.05, 4.69) is 9.97 Å². The van der Waals surface area contributed by atoms with Crippen LogP contribution in [0.25, 0.3) is 0 Å². The lowest BCUT2D eigenvalue weighted by atomic mass is 9.98. The van der Waals surface area contributed by atoms with Gasteiger partial charge in [-0.15, -0.1) is 0 Å². The standard InChI is InChI=1S/C10H14ClN3O2/c11-8-9(12-6-13-10(8)16)14-3-1-7(5-15)2-4-14/h6-7,15H,1-5H2,(H,12,13,16). The number of aromatic amines is 1. The molecule has 2 N–H and O–H groups in total. The van der Waals surface area contributed by atoms with Crippen LogP contribution in [0.2, 0.25) is 5.02 Å². The van der Waals surface area contributed by atoms with E-state index < -0.39 is 0 Å². The molecule has 1 saturated heterocycles. The maximum atomic E-state index is 11.3. The second-order valence-electron chi connectivity index (χ2n) is 3.98. The Hall–Kier alpha value is -1.07. The van der Waals surface area contributed by atoms with Gasteiger partial charge in [-0.2, -0.15) is 0 Å². The van der Waals surface area contributed by atoms with Gasteiger partial charge in [0.25, 0.3) is 5.56 Å². The van der Waals surface area contributed by atoms with Crippen molar-refractivity contribution in [1.29, 1.82) is 0 Å². The number of rotatable bonds is 2. The fraction of sp³-hybridized carbons (Fsp3) is 0.600. The molecule has 0 bridgehead atoms. The molecule has 0 atom stereocenters. The Labute approximate surface area is 98.1 Å². The van der Waals surface area contributed by atoms with E-state index >= 15 is 0 Å². The molecule has 0 saturated carbocycles. The van der Waals surface area contributed by atoms with Crippen molar-refractivity contribution in [2.45, 2.75) is 12.8 Å². The average Bonchev–Trinajstić information content (AvgIpc) is 2.33. The van der Waals surface area contributed by atoms with Crippen LogP contribution in [0.3, 0.4) is 0 Å². The average molecular weight is 244 g/mol. The quantitative estimate of drug-likeness (QED) is 0.800. The highest BCUT2D eigenvalue weighted by molar-refractivity contribution is 6.32. The Kier molecular flexibility index (Phi) is 3.46. The van der Waals surface area contributed by atoms with E-state index in [1.807, 2.05) is 4.90 Å². The van der Waals surface area contributed by atoms with Crippen molar-refractivity contribution >= 4 is 17.4 Å². The molecule has 0 aliphatic carbocycles. The van der Waals surface area contributed by atoms with Crippen molar-refractivity contribution in [2.75, 3.05) is 24.6 Å². The Balaban J connectivity index is 2.14. The third-order valence-corrected chi connectivity index (χ3v) is 3.29. The fourth-order valence-electron chi connectivity index (χ4n) is 1.92. The van der Waals surface area contributed by atoms with Crippen molar-refractivity contribution in [3.63, 3.8) is 0 Å². The molecule has 1 aliphatic heterocycles. The third-order valence-electron chi connectivity index (χ3n) is 2.95. The molecule has 6 heteroatoms. The highest BCUT2D eigenvalue weighted by Gasteiger charge is 2.21. The summed E-state index contributed by atoms with van der Waals surface area (Å²) >= 11 is 5.90. The Morgan fingerprint density at radius 3 is 2.88 bits per heavy atom. The zero-order valence-corrected chi connectivity index (χ0v) is 9.57. The lowest BCUT2D eigenvalue weighted by Crippen LogP contribution is -2.36. The molecule has 88 valence electrons. The highest BCUT2D eigenvalue weighted by atomic mass is 35.5. The summed E-state index contributed by atoms with van der Waals surface area (Å²) < 4.78 is 0. The first-order chi connectivity index (χ1) is 7.72. The topological polar surface area (TPSA) is 69.2 Å². The normalized spacial score (nSPS) is 17.8. The zero-order valence-electron chi connectivity index (χ0n) is 8.82. The molecule has 5 nitrogen and oxygen atoms in total. The number of hydrogen-bond acceptors (Lipinski definition) is 4. The number of aromatic nitrogens is 2. The van der Waals surface area contributed by atoms with E-state index in [4.69, 9.17) is 16.7 Å². The molecular formula is C10H14ClN3O2. The molecule has 1 aromatic heterocycles. The molecule has 1 fully saturated rings. The van der Waals surface area contributed by atoms with Gasteiger partial charge in [-0.1, -0.05) is 11.6 Å². The molecule has 2 rings (SSSR count). The van der Waals surface area contributed by atoms with Crippen LogP contribution < -0.4 is 10.5 Å². The van der Waals surface area contributed by atoms with Gasteiger partial charge in [0.05, 0.1) is 6.33 Å². The minimum Gasteiger partial charge on any atom is -0.396 e. The number of nitrogens with zero attached hydrogens (tertiary/aromatic N) is 2. The minimum absolute atomic E-state index is 0.143. The first kappa shape index (κ1) is 11.4. The van der Waals surface area contributed by atoms with Gasteiger partial charge in [-0.25, -0.2) is 4.98 Å². The SMILES string of the molecule is O=c1[nH]cnc(N2CCC(CO)CC2)c1Cl. The van der Waals surface area contributed by atoms with Crippen molar-refractivity contribution in [3.8, 4) is 0 Å². The summed E-state index contributed by atoms with van der Waals surface area (Å²) in [6, 6.07) is 0. The van der Waals surface area contributed by atoms with E-state index in [0.717, 1.165) is 25.9 Å². The lowest BCUT2D eigenvalue weighted by Gasteiger charge is -2.32. The zero-order chi connectivity index (χ0) is 11.5. The van der Waals surface area contributed by atoms with E-state index in [0.29, 0.717) is 11.7 Å². The number of halogens is 1. The number of piperidine rings is 1. The molecule has 1 aliphatic rings. The van der Waals surface area contributed by atoms with Crippen molar-refractivity contribution in [2.24, 2.45) is 5.92 Å². The number of anilines is 1. The van der Waals surface area contributed by atoms with Gasteiger partial charge in [0, 0.05) is 19.7 Å². The van der Waals surface area contributed by atoms with Crippen LogP contribution in [0.5, 0.6) is 0 Å². The Morgan fingerprint density at radius 1 is 1.56 bits per heavy atom. The molecule has 0 aromatic carbocycles. The summed E-state index contributed by atoms with van der Waals surface area (Å²) in [6.07, 6.45) is 3.17. The summed E-state index contributed by atoms with van der Waals surface area (Å²) in [4.78, 5) is 19.8. The fourth-order valence-corrected chi connectivity index (χ4v) is 2.14. The van der Waals surface area contributed by atoms with E-state index in [-0.39, 0.29) is 17.2 Å². The van der Waals surface area contributed by atoms with Crippen LogP contribution in [0, 0.1) is 5.92 Å². The Bertz CT molecular complexity index is 413. The van der Waals surface area contributed by atoms with Crippen molar-refractivity contribution in [3.05, 3.63) is 21.7 Å². The summed E-state index contributed by atoms with van der Waals surface area (Å²) in [5.74, 6) is 0.902. The van der Waals surface area contributed by atoms with Gasteiger partial charge in [0.1, 0.15) is 5.02 Å². The summed E-state index contributed by atoms with van der Waals surface area (Å²) in [7, 11) is 0. The molecule has 0 spiro atoms. The molecule has 2 heterocycles. The van der Waals surface area contributed by atoms with E-state index in [1.54, 1.807) is 0 Å². The molecule has 0 radical (unpaired) electrons. The molecular weight excluding hydrogens is 230 g/mol.